The first kappa shape index (κ1) is 13.4. The Morgan fingerprint density at radius 1 is 1.25 bits per heavy atom. The molecule has 2 aliphatic heterocycles. The van der Waals surface area contributed by atoms with E-state index in [4.69, 9.17) is 0 Å². The van der Waals surface area contributed by atoms with Gasteiger partial charge in [0, 0.05) is 30.4 Å². The van der Waals surface area contributed by atoms with Gasteiger partial charge in [0.2, 0.25) is 0 Å². The Morgan fingerprint density at radius 3 is 2.75 bits per heavy atom. The van der Waals surface area contributed by atoms with Gasteiger partial charge < -0.3 is 14.6 Å². The summed E-state index contributed by atoms with van der Waals surface area (Å²) in [6.07, 6.45) is 6.13. The smallest absolute Gasteiger partial charge is 0.352 e. The molecule has 3 heterocycles. The number of hydrogen-bond donors (Lipinski definition) is 1. The number of aromatic nitrogens is 1. The van der Waals surface area contributed by atoms with Crippen LogP contribution >= 0.6 is 0 Å². The molecule has 3 rings (SSSR count). The van der Waals surface area contributed by atoms with Crippen LogP contribution in [0.4, 0.5) is 0 Å². The van der Waals surface area contributed by atoms with Crippen LogP contribution in [0.3, 0.4) is 0 Å². The van der Waals surface area contributed by atoms with Crippen molar-refractivity contribution in [2.45, 2.75) is 44.7 Å². The Kier molecular flexibility index (Phi) is 3.38. The summed E-state index contributed by atoms with van der Waals surface area (Å²) in [5.41, 5.74) is 0.739. The van der Waals surface area contributed by atoms with Crippen LogP contribution in [0.5, 0.6) is 0 Å². The number of Topliss-reactive ketones (excluding diaryl/α,β-unsaturated/α-hetero) is 1. The SMILES string of the molecule is CC(=O)c1cc(C(=O)O)n(C2CCN3CCCC3C2)c1. The predicted molar refractivity (Wildman–Crippen MR) is 74.3 cm³/mol. The van der Waals surface area contributed by atoms with Crippen molar-refractivity contribution in [3.63, 3.8) is 0 Å². The summed E-state index contributed by atoms with van der Waals surface area (Å²) < 4.78 is 1.81. The third-order valence-corrected chi connectivity index (χ3v) is 4.66. The first-order valence-corrected chi connectivity index (χ1v) is 7.26. The van der Waals surface area contributed by atoms with Crippen molar-refractivity contribution in [2.24, 2.45) is 0 Å². The fraction of sp³-hybridized carbons (Fsp3) is 0.600. The van der Waals surface area contributed by atoms with Crippen LogP contribution in [-0.4, -0.2) is 45.5 Å². The third-order valence-electron chi connectivity index (χ3n) is 4.66. The highest BCUT2D eigenvalue weighted by molar-refractivity contribution is 5.97. The molecule has 0 radical (unpaired) electrons. The first-order chi connectivity index (χ1) is 9.56. The molecule has 2 saturated heterocycles. The van der Waals surface area contributed by atoms with E-state index < -0.39 is 5.97 Å². The fourth-order valence-corrected chi connectivity index (χ4v) is 3.60. The number of fused-ring (bicyclic) bond motifs is 1. The van der Waals surface area contributed by atoms with E-state index in [1.807, 2.05) is 4.57 Å². The predicted octanol–water partition coefficient (Wildman–Crippen LogP) is 2.19. The molecule has 5 nitrogen and oxygen atoms in total. The Bertz CT molecular complexity index is 549. The van der Waals surface area contributed by atoms with Crippen LogP contribution in [0.2, 0.25) is 0 Å². The minimum absolute atomic E-state index is 0.0791. The van der Waals surface area contributed by atoms with Crippen molar-refractivity contribution in [3.8, 4) is 0 Å². The lowest BCUT2D eigenvalue weighted by atomic mass is 9.97. The second-order valence-electron chi connectivity index (χ2n) is 5.89. The number of carboxylic acids is 1. The van der Waals surface area contributed by atoms with Crippen molar-refractivity contribution in [2.75, 3.05) is 13.1 Å². The number of carbonyl (C=O) groups is 2. The minimum atomic E-state index is -0.952. The Morgan fingerprint density at radius 2 is 2.05 bits per heavy atom. The Hall–Kier alpha value is -1.62. The molecule has 2 atom stereocenters. The monoisotopic (exact) mass is 276 g/mol. The lowest BCUT2D eigenvalue weighted by molar-refractivity contribution is 0.0675. The van der Waals surface area contributed by atoms with Crippen molar-refractivity contribution in [1.29, 1.82) is 0 Å². The molecule has 0 spiro atoms. The van der Waals surface area contributed by atoms with Crippen molar-refractivity contribution >= 4 is 11.8 Å². The molecule has 0 amide bonds. The first-order valence-electron chi connectivity index (χ1n) is 7.26. The number of carbonyl (C=O) groups excluding carboxylic acids is 1. The van der Waals surface area contributed by atoms with Crippen molar-refractivity contribution in [1.82, 2.24) is 9.47 Å². The van der Waals surface area contributed by atoms with Crippen LogP contribution in [0.15, 0.2) is 12.3 Å². The van der Waals surface area contributed by atoms with Crippen LogP contribution in [0.25, 0.3) is 0 Å². The molecule has 0 aromatic carbocycles. The number of aromatic carboxylic acids is 1. The maximum Gasteiger partial charge on any atom is 0.352 e. The number of hydrogen-bond acceptors (Lipinski definition) is 3. The van der Waals surface area contributed by atoms with E-state index in [1.165, 1.54) is 32.4 Å². The maximum absolute atomic E-state index is 11.5. The maximum atomic E-state index is 11.5. The molecule has 5 heteroatoms. The van der Waals surface area contributed by atoms with Gasteiger partial charge in [-0.05, 0) is 45.2 Å². The second-order valence-corrected chi connectivity index (χ2v) is 5.89. The second kappa shape index (κ2) is 5.05. The van der Waals surface area contributed by atoms with Gasteiger partial charge in [0.1, 0.15) is 5.69 Å². The number of rotatable bonds is 3. The van der Waals surface area contributed by atoms with Crippen LogP contribution in [-0.2, 0) is 0 Å². The van der Waals surface area contributed by atoms with E-state index in [2.05, 4.69) is 4.90 Å². The minimum Gasteiger partial charge on any atom is -0.477 e. The molecule has 0 bridgehead atoms. The van der Waals surface area contributed by atoms with Gasteiger partial charge >= 0.3 is 5.97 Å². The van der Waals surface area contributed by atoms with Gasteiger partial charge in [0.25, 0.3) is 0 Å². The van der Waals surface area contributed by atoms with Gasteiger partial charge in [0.05, 0.1) is 0 Å². The van der Waals surface area contributed by atoms with Gasteiger partial charge in [-0.1, -0.05) is 0 Å². The average molecular weight is 276 g/mol. The van der Waals surface area contributed by atoms with Gasteiger partial charge in [-0.2, -0.15) is 0 Å². The number of carboxylic acid groups (broad SMARTS) is 1. The summed E-state index contributed by atoms with van der Waals surface area (Å²) in [6.45, 7) is 3.68. The molecule has 0 aliphatic carbocycles. The van der Waals surface area contributed by atoms with Crippen molar-refractivity contribution in [3.05, 3.63) is 23.5 Å². The lowest BCUT2D eigenvalue weighted by Gasteiger charge is -2.36. The molecule has 2 unspecified atom stereocenters. The van der Waals surface area contributed by atoms with E-state index in [9.17, 15) is 14.7 Å². The standard InChI is InChI=1S/C15H20N2O3/c1-10(18)11-7-14(15(19)20)17(9-11)13-4-6-16-5-2-3-12(16)8-13/h7,9,12-13H,2-6,8H2,1H3,(H,19,20). The van der Waals surface area contributed by atoms with Gasteiger partial charge in [-0.25, -0.2) is 4.79 Å². The highest BCUT2D eigenvalue weighted by Gasteiger charge is 2.33. The summed E-state index contributed by atoms with van der Waals surface area (Å²) >= 11 is 0. The summed E-state index contributed by atoms with van der Waals surface area (Å²) in [7, 11) is 0. The van der Waals surface area contributed by atoms with E-state index in [0.717, 1.165) is 19.4 Å². The average Bonchev–Trinajstić information content (AvgIpc) is 3.04. The largest absolute Gasteiger partial charge is 0.477 e. The molecule has 2 aliphatic rings. The summed E-state index contributed by atoms with van der Waals surface area (Å²) in [5, 5.41) is 9.34. The topological polar surface area (TPSA) is 62.5 Å². The molecule has 1 aromatic heterocycles. The molecule has 108 valence electrons. The summed E-state index contributed by atoms with van der Waals surface area (Å²) in [4.78, 5) is 25.4. The molecule has 2 fully saturated rings. The summed E-state index contributed by atoms with van der Waals surface area (Å²) in [6, 6.07) is 2.29. The molecule has 1 aromatic rings. The van der Waals surface area contributed by atoms with Gasteiger partial charge in [0.15, 0.2) is 5.78 Å². The van der Waals surface area contributed by atoms with E-state index >= 15 is 0 Å². The third kappa shape index (κ3) is 2.26. The molecular weight excluding hydrogens is 256 g/mol. The number of ketones is 1. The van der Waals surface area contributed by atoms with E-state index in [1.54, 1.807) is 6.20 Å². The molecule has 1 N–H and O–H groups in total. The van der Waals surface area contributed by atoms with E-state index in [0.29, 0.717) is 11.6 Å². The lowest BCUT2D eigenvalue weighted by Crippen LogP contribution is -2.39. The van der Waals surface area contributed by atoms with Gasteiger partial charge in [-0.3, -0.25) is 4.79 Å². The molecule has 20 heavy (non-hydrogen) atoms. The zero-order chi connectivity index (χ0) is 14.3. The zero-order valence-electron chi connectivity index (χ0n) is 11.7. The summed E-state index contributed by atoms with van der Waals surface area (Å²) in [5.74, 6) is -1.03. The van der Waals surface area contributed by atoms with Crippen LogP contribution in [0.1, 0.15) is 59.5 Å². The number of piperidine rings is 1. The van der Waals surface area contributed by atoms with Crippen LogP contribution < -0.4 is 0 Å². The zero-order valence-corrected chi connectivity index (χ0v) is 11.7. The van der Waals surface area contributed by atoms with Crippen LogP contribution in [0, 0.1) is 0 Å². The highest BCUT2D eigenvalue weighted by Crippen LogP contribution is 2.34. The number of nitrogens with zero attached hydrogens (tertiary/aromatic N) is 2. The molecular formula is C15H20N2O3. The van der Waals surface area contributed by atoms with Gasteiger partial charge in [-0.15, -0.1) is 0 Å². The van der Waals surface area contributed by atoms with E-state index in [-0.39, 0.29) is 17.5 Å². The fourth-order valence-electron chi connectivity index (χ4n) is 3.60. The Balaban J connectivity index is 1.89. The molecule has 0 saturated carbocycles. The van der Waals surface area contributed by atoms with Crippen molar-refractivity contribution < 1.29 is 14.7 Å². The highest BCUT2D eigenvalue weighted by atomic mass is 16.4. The Labute approximate surface area is 118 Å². The normalized spacial score (nSPS) is 26.4. The quantitative estimate of drug-likeness (QED) is 0.860.